The minimum absolute atomic E-state index is 0.0147. The monoisotopic (exact) mass is 329 g/mol. The van der Waals surface area contributed by atoms with Crippen LogP contribution in [0.2, 0.25) is 0 Å². The number of esters is 1. The Labute approximate surface area is 123 Å². The van der Waals surface area contributed by atoms with E-state index in [1.807, 2.05) is 21.1 Å². The first kappa shape index (κ1) is 22.0. The van der Waals surface area contributed by atoms with Crippen molar-refractivity contribution in [2.24, 2.45) is 0 Å². The van der Waals surface area contributed by atoms with Crippen LogP contribution in [0.5, 0.6) is 0 Å². The van der Waals surface area contributed by atoms with E-state index in [0.717, 1.165) is 6.16 Å². The number of quaternary nitrogens is 1. The second-order valence-electron chi connectivity index (χ2n) is 5.02. The standard InChI is InChI=1S/C6H11O2P.C5H14NO4P/c1-5(2)6(7)8-3-4-9;1-6(2,3)4-5-10-11(7,8)9/h1,3-4,9H2,2H3;4-5H2,1-3H3,(H-,7,8,9). The number of ether oxygens (including phenoxy) is 1. The van der Waals surface area contributed by atoms with Crippen molar-refractivity contribution in [2.45, 2.75) is 6.92 Å². The largest absolute Gasteiger partial charge is 0.756 e. The smallest absolute Gasteiger partial charge is 0.333 e. The van der Waals surface area contributed by atoms with Crippen LogP contribution in [0.15, 0.2) is 12.2 Å². The summed E-state index contributed by atoms with van der Waals surface area (Å²) >= 11 is 0. The highest BCUT2D eigenvalue weighted by Crippen LogP contribution is 2.29. The molecule has 0 aromatic rings. The highest BCUT2D eigenvalue weighted by atomic mass is 31.2. The summed E-state index contributed by atoms with van der Waals surface area (Å²) in [6, 6.07) is 0. The van der Waals surface area contributed by atoms with Crippen molar-refractivity contribution in [3.8, 4) is 0 Å². The molecule has 2 unspecified atom stereocenters. The van der Waals surface area contributed by atoms with E-state index in [1.54, 1.807) is 6.92 Å². The van der Waals surface area contributed by atoms with Crippen LogP contribution in [0.4, 0.5) is 0 Å². The summed E-state index contributed by atoms with van der Waals surface area (Å²) in [6.07, 6.45) is 0.777. The Morgan fingerprint density at radius 3 is 2.20 bits per heavy atom. The highest BCUT2D eigenvalue weighted by Gasteiger charge is 2.08. The number of hydrogen-bond acceptors (Lipinski definition) is 5. The lowest BCUT2D eigenvalue weighted by Crippen LogP contribution is -2.37. The zero-order chi connectivity index (χ0) is 16.4. The molecule has 2 atom stereocenters. The van der Waals surface area contributed by atoms with Gasteiger partial charge in [-0.3, -0.25) is 4.57 Å². The van der Waals surface area contributed by atoms with Crippen molar-refractivity contribution in [2.75, 3.05) is 47.1 Å². The van der Waals surface area contributed by atoms with E-state index in [1.165, 1.54) is 0 Å². The summed E-state index contributed by atoms with van der Waals surface area (Å²) in [4.78, 5) is 28.8. The normalized spacial score (nSPS) is 13.8. The topological polar surface area (TPSA) is 95.9 Å². The molecular formula is C11H25NO6P2. The van der Waals surface area contributed by atoms with Gasteiger partial charge in [-0.2, -0.15) is 0 Å². The Balaban J connectivity index is 0. The zero-order valence-electron chi connectivity index (χ0n) is 12.5. The van der Waals surface area contributed by atoms with Gasteiger partial charge in [0.15, 0.2) is 0 Å². The maximum Gasteiger partial charge on any atom is 0.333 e. The van der Waals surface area contributed by atoms with Crippen molar-refractivity contribution >= 4 is 23.0 Å². The van der Waals surface area contributed by atoms with Gasteiger partial charge >= 0.3 is 5.97 Å². The Morgan fingerprint density at radius 1 is 1.40 bits per heavy atom. The van der Waals surface area contributed by atoms with Gasteiger partial charge in [-0.25, -0.2) is 4.79 Å². The van der Waals surface area contributed by atoms with E-state index >= 15 is 0 Å². The number of phosphoric ester groups is 1. The SMILES string of the molecule is C=C(C)C(=O)OCCP.C[N+](C)(C)CCOP(=O)([O-])O. The summed E-state index contributed by atoms with van der Waals surface area (Å²) < 4.78 is 19.5. The fourth-order valence-electron chi connectivity index (χ4n) is 0.705. The molecule has 0 fully saturated rings. The highest BCUT2D eigenvalue weighted by molar-refractivity contribution is 7.44. The average molecular weight is 329 g/mol. The third-order valence-corrected chi connectivity index (χ3v) is 2.46. The molecule has 0 amide bonds. The van der Waals surface area contributed by atoms with Crippen LogP contribution in [-0.2, 0) is 18.6 Å². The molecule has 7 nitrogen and oxygen atoms in total. The number of carbonyl (C=O) groups is 1. The number of hydrogen-bond donors (Lipinski definition) is 1. The Morgan fingerprint density at radius 2 is 1.90 bits per heavy atom. The van der Waals surface area contributed by atoms with E-state index < -0.39 is 7.82 Å². The molecule has 0 rings (SSSR count). The number of nitrogens with zero attached hydrogens (tertiary/aromatic N) is 1. The molecule has 0 heterocycles. The minimum Gasteiger partial charge on any atom is -0.756 e. The van der Waals surface area contributed by atoms with Crippen LogP contribution < -0.4 is 4.89 Å². The van der Waals surface area contributed by atoms with Gasteiger partial charge in [0.25, 0.3) is 7.82 Å². The predicted molar refractivity (Wildman–Crippen MR) is 79.0 cm³/mol. The van der Waals surface area contributed by atoms with Crippen LogP contribution in [0.25, 0.3) is 0 Å². The molecule has 0 aliphatic heterocycles. The van der Waals surface area contributed by atoms with Gasteiger partial charge in [0, 0.05) is 5.57 Å². The maximum absolute atomic E-state index is 10.6. The third kappa shape index (κ3) is 20.0. The van der Waals surface area contributed by atoms with Crippen molar-refractivity contribution in [1.82, 2.24) is 0 Å². The summed E-state index contributed by atoms with van der Waals surface area (Å²) in [6.45, 7) is 6.06. The first-order valence-corrected chi connectivity index (χ1v) is 8.21. The summed E-state index contributed by atoms with van der Waals surface area (Å²) in [5, 5.41) is 0. The summed E-state index contributed by atoms with van der Waals surface area (Å²) in [7, 11) is 3.66. The lowest BCUT2D eigenvalue weighted by atomic mass is 10.4. The Bertz CT molecular complexity index is 347. The molecule has 0 aromatic heterocycles. The lowest BCUT2D eigenvalue weighted by Gasteiger charge is -2.25. The maximum atomic E-state index is 10.6. The van der Waals surface area contributed by atoms with Crippen LogP contribution in [0.3, 0.4) is 0 Å². The van der Waals surface area contributed by atoms with E-state index in [2.05, 4.69) is 20.3 Å². The van der Waals surface area contributed by atoms with E-state index in [0.29, 0.717) is 23.2 Å². The van der Waals surface area contributed by atoms with Crippen LogP contribution >= 0.6 is 17.1 Å². The van der Waals surface area contributed by atoms with Gasteiger partial charge in [-0.1, -0.05) is 6.58 Å². The molecule has 0 spiro atoms. The fourth-order valence-corrected chi connectivity index (χ4v) is 1.14. The second-order valence-corrected chi connectivity index (χ2v) is 6.79. The number of rotatable bonds is 7. The van der Waals surface area contributed by atoms with Crippen LogP contribution in [-0.4, -0.2) is 62.4 Å². The summed E-state index contributed by atoms with van der Waals surface area (Å²) in [5.74, 6) is -0.308. The van der Waals surface area contributed by atoms with E-state index in [-0.39, 0.29) is 12.6 Å². The molecule has 20 heavy (non-hydrogen) atoms. The van der Waals surface area contributed by atoms with E-state index in [9.17, 15) is 14.3 Å². The molecule has 0 radical (unpaired) electrons. The van der Waals surface area contributed by atoms with Crippen LogP contribution in [0.1, 0.15) is 6.92 Å². The molecule has 0 aliphatic carbocycles. The molecule has 0 saturated carbocycles. The van der Waals surface area contributed by atoms with Gasteiger partial charge in [0.2, 0.25) is 0 Å². The molecule has 0 bridgehead atoms. The second kappa shape index (κ2) is 10.4. The van der Waals surface area contributed by atoms with Crippen molar-refractivity contribution < 1.29 is 32.9 Å². The van der Waals surface area contributed by atoms with Gasteiger partial charge < -0.3 is 23.5 Å². The summed E-state index contributed by atoms with van der Waals surface area (Å²) in [5.41, 5.74) is 0.452. The molecular weight excluding hydrogens is 304 g/mol. The van der Waals surface area contributed by atoms with Crippen LogP contribution in [0, 0.1) is 0 Å². The predicted octanol–water partition coefficient (Wildman–Crippen LogP) is 0.151. The zero-order valence-corrected chi connectivity index (χ0v) is 14.5. The van der Waals surface area contributed by atoms with Crippen molar-refractivity contribution in [3.05, 3.63) is 12.2 Å². The third-order valence-electron chi connectivity index (χ3n) is 1.72. The number of carbonyl (C=O) groups excluding carboxylic acids is 1. The number of likely N-dealkylation sites (N-methyl/N-ethyl adjacent to an activating group) is 1. The lowest BCUT2D eigenvalue weighted by molar-refractivity contribution is -0.870. The molecule has 9 heteroatoms. The molecule has 0 saturated heterocycles. The first-order valence-electron chi connectivity index (χ1n) is 5.90. The first-order chi connectivity index (χ1) is 8.89. The molecule has 0 aliphatic rings. The Kier molecular flexibility index (Phi) is 11.5. The average Bonchev–Trinajstić information content (AvgIpc) is 2.22. The number of phosphoric acid groups is 1. The molecule has 1 N–H and O–H groups in total. The van der Waals surface area contributed by atoms with Gasteiger partial charge in [0.1, 0.15) is 13.2 Å². The van der Waals surface area contributed by atoms with Crippen molar-refractivity contribution in [1.29, 1.82) is 0 Å². The van der Waals surface area contributed by atoms with Gasteiger partial charge in [-0.15, -0.1) is 9.24 Å². The van der Waals surface area contributed by atoms with E-state index in [4.69, 9.17) is 9.63 Å². The van der Waals surface area contributed by atoms with Crippen molar-refractivity contribution in [3.63, 3.8) is 0 Å². The van der Waals surface area contributed by atoms with Gasteiger partial charge in [-0.05, 0) is 13.1 Å². The molecule has 0 aromatic carbocycles. The Hall–Kier alpha value is -0.290. The quantitative estimate of drug-likeness (QED) is 0.309. The fraction of sp³-hybridized carbons (Fsp3) is 0.727. The van der Waals surface area contributed by atoms with Gasteiger partial charge in [0.05, 0.1) is 27.7 Å². The minimum atomic E-state index is -4.51. The molecule has 120 valence electrons.